The van der Waals surface area contributed by atoms with E-state index in [9.17, 15) is 0 Å². The van der Waals surface area contributed by atoms with Crippen molar-refractivity contribution in [3.8, 4) is 5.75 Å². The second-order valence-electron chi connectivity index (χ2n) is 4.27. The van der Waals surface area contributed by atoms with E-state index in [1.807, 2.05) is 24.3 Å². The number of hydrogen-bond acceptors (Lipinski definition) is 3. The summed E-state index contributed by atoms with van der Waals surface area (Å²) in [6.07, 6.45) is 0.810. The monoisotopic (exact) mass is 343 g/mol. The van der Waals surface area contributed by atoms with Crippen molar-refractivity contribution < 1.29 is 4.74 Å². The van der Waals surface area contributed by atoms with Crippen LogP contribution in [-0.2, 0) is 0 Å². The molecule has 0 aliphatic carbocycles. The second-order valence-corrected chi connectivity index (χ2v) is 7.20. The van der Waals surface area contributed by atoms with Crippen molar-refractivity contribution in [3.05, 3.63) is 49.6 Å². The van der Waals surface area contributed by atoms with Crippen LogP contribution in [0.4, 0.5) is 0 Å². The topological polar surface area (TPSA) is 35.2 Å². The highest BCUT2D eigenvalue weighted by Crippen LogP contribution is 2.42. The Kier molecular flexibility index (Phi) is 3.36. The Balaban J connectivity index is 1.94. The maximum absolute atomic E-state index is 6.20. The van der Waals surface area contributed by atoms with Crippen molar-refractivity contribution >= 4 is 38.9 Å². The molecule has 1 aromatic carbocycles. The lowest BCUT2D eigenvalue weighted by Crippen LogP contribution is -2.23. The van der Waals surface area contributed by atoms with Crippen LogP contribution in [0.3, 0.4) is 0 Å². The summed E-state index contributed by atoms with van der Waals surface area (Å²) in [5, 5.41) is 0.699. The van der Waals surface area contributed by atoms with Crippen molar-refractivity contribution in [2.75, 3.05) is 0 Å². The molecule has 5 heteroatoms. The van der Waals surface area contributed by atoms with E-state index in [4.69, 9.17) is 22.1 Å². The van der Waals surface area contributed by atoms with Crippen LogP contribution in [0.25, 0.3) is 0 Å². The van der Waals surface area contributed by atoms with Gasteiger partial charge in [-0.3, -0.25) is 0 Å². The first-order chi connectivity index (χ1) is 8.63. The van der Waals surface area contributed by atoms with Gasteiger partial charge >= 0.3 is 0 Å². The molecule has 2 N–H and O–H groups in total. The van der Waals surface area contributed by atoms with Crippen LogP contribution in [0.2, 0.25) is 5.02 Å². The molecule has 1 aromatic heterocycles. The Morgan fingerprint density at radius 2 is 2.17 bits per heavy atom. The number of thiophene rings is 1. The highest BCUT2D eigenvalue weighted by Gasteiger charge is 2.28. The lowest BCUT2D eigenvalue weighted by Gasteiger charge is -2.29. The lowest BCUT2D eigenvalue weighted by atomic mass is 9.97. The molecule has 18 heavy (non-hydrogen) atoms. The SMILES string of the molecule is N[C@H]1CC(c2ccc(Br)s2)Oc2ccc(Cl)cc21. The molecule has 1 aliphatic heterocycles. The van der Waals surface area contributed by atoms with Crippen molar-refractivity contribution in [3.63, 3.8) is 0 Å². The van der Waals surface area contributed by atoms with Crippen LogP contribution in [-0.4, -0.2) is 0 Å². The molecule has 2 heterocycles. The highest BCUT2D eigenvalue weighted by atomic mass is 79.9. The number of benzene rings is 1. The number of ether oxygens (including phenoxy) is 1. The van der Waals surface area contributed by atoms with Crippen LogP contribution in [0.5, 0.6) is 5.75 Å². The molecule has 0 radical (unpaired) electrons. The Hall–Kier alpha value is -0.550. The number of fused-ring (bicyclic) bond motifs is 1. The van der Waals surface area contributed by atoms with Crippen molar-refractivity contribution in [2.24, 2.45) is 5.73 Å². The first-order valence-electron chi connectivity index (χ1n) is 5.60. The molecule has 2 aromatic rings. The van der Waals surface area contributed by atoms with Gasteiger partial charge in [-0.1, -0.05) is 11.6 Å². The average molecular weight is 345 g/mol. The van der Waals surface area contributed by atoms with Crippen molar-refractivity contribution in [1.82, 2.24) is 0 Å². The summed E-state index contributed by atoms with van der Waals surface area (Å²) in [6.45, 7) is 0. The zero-order valence-corrected chi connectivity index (χ0v) is 12.6. The molecule has 0 saturated heterocycles. The number of rotatable bonds is 1. The van der Waals surface area contributed by atoms with E-state index in [0.29, 0.717) is 5.02 Å². The maximum atomic E-state index is 6.20. The molecule has 0 bridgehead atoms. The fourth-order valence-corrected chi connectivity index (χ4v) is 3.80. The molecule has 3 rings (SSSR count). The molecule has 2 atom stereocenters. The van der Waals surface area contributed by atoms with E-state index in [2.05, 4.69) is 22.0 Å². The van der Waals surface area contributed by atoms with Gasteiger partial charge in [-0.2, -0.15) is 0 Å². The molecule has 0 spiro atoms. The van der Waals surface area contributed by atoms with Gasteiger partial charge < -0.3 is 10.5 Å². The van der Waals surface area contributed by atoms with Gasteiger partial charge in [0.25, 0.3) is 0 Å². The van der Waals surface area contributed by atoms with E-state index >= 15 is 0 Å². The van der Waals surface area contributed by atoms with Gasteiger partial charge in [0.15, 0.2) is 0 Å². The van der Waals surface area contributed by atoms with Crippen LogP contribution in [0, 0.1) is 0 Å². The van der Waals surface area contributed by atoms with Crippen molar-refractivity contribution in [1.29, 1.82) is 0 Å². The van der Waals surface area contributed by atoms with Crippen LogP contribution in [0.1, 0.15) is 29.0 Å². The fourth-order valence-electron chi connectivity index (χ4n) is 2.15. The fraction of sp³-hybridized carbons (Fsp3) is 0.231. The largest absolute Gasteiger partial charge is 0.484 e. The minimum Gasteiger partial charge on any atom is -0.484 e. The molecule has 94 valence electrons. The summed E-state index contributed by atoms with van der Waals surface area (Å²) in [4.78, 5) is 1.19. The third-order valence-corrected chi connectivity index (χ3v) is 4.97. The molecule has 2 nitrogen and oxygen atoms in total. The number of halogens is 2. The molecule has 1 aliphatic rings. The van der Waals surface area contributed by atoms with Gasteiger partial charge in [-0.25, -0.2) is 0 Å². The summed E-state index contributed by atoms with van der Waals surface area (Å²) in [5.74, 6) is 0.840. The summed E-state index contributed by atoms with van der Waals surface area (Å²) < 4.78 is 7.12. The standard InChI is InChI=1S/C13H11BrClNOS/c14-13-4-3-12(18-13)11-6-9(16)8-5-7(15)1-2-10(8)17-11/h1-5,9,11H,6,16H2/t9-,11?/m0/s1. The second kappa shape index (κ2) is 4.85. The maximum Gasteiger partial charge on any atom is 0.135 e. The summed E-state index contributed by atoms with van der Waals surface area (Å²) >= 11 is 11.1. The van der Waals surface area contributed by atoms with E-state index in [1.54, 1.807) is 11.3 Å². The zero-order valence-electron chi connectivity index (χ0n) is 9.40. The molecule has 1 unspecified atom stereocenters. The third-order valence-electron chi connectivity index (χ3n) is 3.02. The first kappa shape index (κ1) is 12.5. The smallest absolute Gasteiger partial charge is 0.135 e. The Morgan fingerprint density at radius 1 is 1.33 bits per heavy atom. The van der Waals surface area contributed by atoms with Crippen LogP contribution in [0.15, 0.2) is 34.1 Å². The van der Waals surface area contributed by atoms with Crippen LogP contribution < -0.4 is 10.5 Å². The van der Waals surface area contributed by atoms with E-state index in [-0.39, 0.29) is 12.1 Å². The zero-order chi connectivity index (χ0) is 12.7. The van der Waals surface area contributed by atoms with Gasteiger partial charge in [0.05, 0.1) is 3.79 Å². The minimum absolute atomic E-state index is 0.0293. The first-order valence-corrected chi connectivity index (χ1v) is 7.59. The predicted octanol–water partition coefficient (Wildman–Crippen LogP) is 4.69. The molecule has 0 saturated carbocycles. The van der Waals surface area contributed by atoms with Crippen molar-refractivity contribution in [2.45, 2.75) is 18.6 Å². The molecular formula is C13H11BrClNOS. The summed E-state index contributed by atoms with van der Waals surface area (Å²) in [5.41, 5.74) is 7.20. The van der Waals surface area contributed by atoms with Gasteiger partial charge in [0.2, 0.25) is 0 Å². The molecule has 0 fully saturated rings. The number of hydrogen-bond donors (Lipinski definition) is 1. The van der Waals surface area contributed by atoms with Gasteiger partial charge in [0, 0.05) is 27.9 Å². The normalized spacial score (nSPS) is 22.4. The predicted molar refractivity (Wildman–Crippen MR) is 78.4 cm³/mol. The lowest BCUT2D eigenvalue weighted by molar-refractivity contribution is 0.165. The Morgan fingerprint density at radius 3 is 2.89 bits per heavy atom. The summed E-state index contributed by atoms with van der Waals surface area (Å²) in [7, 11) is 0. The van der Waals surface area contributed by atoms with Gasteiger partial charge in [0.1, 0.15) is 11.9 Å². The molecule has 0 amide bonds. The summed E-state index contributed by atoms with van der Waals surface area (Å²) in [6, 6.07) is 9.70. The van der Waals surface area contributed by atoms with E-state index in [0.717, 1.165) is 21.5 Å². The minimum atomic E-state index is -0.0293. The van der Waals surface area contributed by atoms with Gasteiger partial charge in [-0.05, 0) is 46.3 Å². The quantitative estimate of drug-likeness (QED) is 0.814. The van der Waals surface area contributed by atoms with E-state index in [1.165, 1.54) is 4.88 Å². The Labute approximate surface area is 123 Å². The molecular weight excluding hydrogens is 334 g/mol. The average Bonchev–Trinajstić information content (AvgIpc) is 2.77. The highest BCUT2D eigenvalue weighted by molar-refractivity contribution is 9.11. The van der Waals surface area contributed by atoms with E-state index < -0.39 is 0 Å². The number of nitrogens with two attached hydrogens (primary N) is 1. The van der Waals surface area contributed by atoms with Crippen LogP contribution >= 0.6 is 38.9 Å². The third kappa shape index (κ3) is 2.30. The Bertz CT molecular complexity index is 586. The van der Waals surface area contributed by atoms with Gasteiger partial charge in [-0.15, -0.1) is 11.3 Å².